The van der Waals surface area contributed by atoms with Crippen LogP contribution < -0.4 is 4.90 Å². The fourth-order valence-electron chi connectivity index (χ4n) is 3.47. The van der Waals surface area contributed by atoms with Crippen LogP contribution in [0.5, 0.6) is 0 Å². The number of aliphatic carboxylic acids is 1. The summed E-state index contributed by atoms with van der Waals surface area (Å²) in [6.07, 6.45) is 0. The molecule has 0 radical (unpaired) electrons. The van der Waals surface area contributed by atoms with Gasteiger partial charge in [0.2, 0.25) is 5.91 Å². The highest BCUT2D eigenvalue weighted by Gasteiger charge is 2.28. The Morgan fingerprint density at radius 2 is 1.96 bits per heavy atom. The van der Waals surface area contributed by atoms with Crippen molar-refractivity contribution in [2.75, 3.05) is 63.9 Å². The molecule has 2 fully saturated rings. The van der Waals surface area contributed by atoms with Crippen molar-refractivity contribution in [3.8, 4) is 0 Å². The van der Waals surface area contributed by atoms with Gasteiger partial charge in [-0.15, -0.1) is 0 Å². The number of carbonyl (C=O) groups excluding carboxylic acids is 1. The molecule has 2 saturated heterocycles. The van der Waals surface area contributed by atoms with Crippen LogP contribution in [0, 0.1) is 12.8 Å². The number of piperazine rings is 1. The first-order chi connectivity index (χ1) is 12.5. The first-order valence-corrected chi connectivity index (χ1v) is 9.15. The van der Waals surface area contributed by atoms with Crippen LogP contribution in [0.25, 0.3) is 0 Å². The van der Waals surface area contributed by atoms with Crippen molar-refractivity contribution in [2.45, 2.75) is 6.92 Å². The minimum absolute atomic E-state index is 0.00856. The van der Waals surface area contributed by atoms with Gasteiger partial charge in [-0.25, -0.2) is 0 Å². The molecule has 0 saturated carbocycles. The summed E-state index contributed by atoms with van der Waals surface area (Å²) in [7, 11) is 0. The Hall–Kier alpha value is -2.12. The molecule has 7 heteroatoms. The van der Waals surface area contributed by atoms with Crippen LogP contribution in [0.2, 0.25) is 0 Å². The Balaban J connectivity index is 1.50. The Labute approximate surface area is 154 Å². The van der Waals surface area contributed by atoms with Gasteiger partial charge < -0.3 is 19.6 Å². The number of benzene rings is 1. The van der Waals surface area contributed by atoms with Crippen molar-refractivity contribution in [3.63, 3.8) is 0 Å². The molecule has 1 amide bonds. The van der Waals surface area contributed by atoms with E-state index in [0.717, 1.165) is 26.2 Å². The molecule has 0 aromatic heterocycles. The number of ether oxygens (including phenoxy) is 1. The quantitative estimate of drug-likeness (QED) is 0.850. The predicted octanol–water partition coefficient (Wildman–Crippen LogP) is 0.677. The molecule has 1 atom stereocenters. The number of aryl methyl sites for hydroxylation is 1. The number of hydrogen-bond acceptors (Lipinski definition) is 5. The summed E-state index contributed by atoms with van der Waals surface area (Å²) in [6.45, 7) is 7.13. The van der Waals surface area contributed by atoms with Crippen molar-refractivity contribution in [3.05, 3.63) is 29.8 Å². The van der Waals surface area contributed by atoms with Gasteiger partial charge in [0.25, 0.3) is 0 Å². The van der Waals surface area contributed by atoms with Crippen molar-refractivity contribution in [1.29, 1.82) is 0 Å². The lowest BCUT2D eigenvalue weighted by atomic mass is 10.1. The molecular weight excluding hydrogens is 334 g/mol. The molecule has 1 aromatic carbocycles. The largest absolute Gasteiger partial charge is 0.481 e. The van der Waals surface area contributed by atoms with Crippen LogP contribution in [0.4, 0.5) is 5.69 Å². The van der Waals surface area contributed by atoms with Crippen molar-refractivity contribution in [1.82, 2.24) is 9.80 Å². The van der Waals surface area contributed by atoms with Gasteiger partial charge in [0.1, 0.15) is 0 Å². The highest BCUT2D eigenvalue weighted by molar-refractivity contribution is 5.79. The number of amides is 1. The van der Waals surface area contributed by atoms with Gasteiger partial charge in [-0.05, 0) is 24.6 Å². The van der Waals surface area contributed by atoms with Crippen molar-refractivity contribution in [2.24, 2.45) is 5.92 Å². The van der Waals surface area contributed by atoms with E-state index in [2.05, 4.69) is 41.0 Å². The lowest BCUT2D eigenvalue weighted by molar-refractivity contribution is -0.144. The third-order valence-electron chi connectivity index (χ3n) is 5.07. The number of nitrogens with zero attached hydrogens (tertiary/aromatic N) is 3. The van der Waals surface area contributed by atoms with Crippen LogP contribution in [0.3, 0.4) is 0 Å². The van der Waals surface area contributed by atoms with Gasteiger partial charge in [0.05, 0.1) is 25.7 Å². The van der Waals surface area contributed by atoms with Crippen molar-refractivity contribution < 1.29 is 19.4 Å². The second-order valence-corrected chi connectivity index (χ2v) is 7.05. The molecule has 2 aliphatic rings. The molecular formula is C19H27N3O4. The van der Waals surface area contributed by atoms with E-state index < -0.39 is 11.9 Å². The minimum Gasteiger partial charge on any atom is -0.481 e. The van der Waals surface area contributed by atoms with Crippen LogP contribution in [-0.4, -0.2) is 85.8 Å². The number of carbonyl (C=O) groups is 2. The lowest BCUT2D eigenvalue weighted by Gasteiger charge is -2.36. The molecule has 2 heterocycles. The van der Waals surface area contributed by atoms with E-state index in [1.165, 1.54) is 11.3 Å². The number of carboxylic acids is 1. The summed E-state index contributed by atoms with van der Waals surface area (Å²) in [4.78, 5) is 30.0. The van der Waals surface area contributed by atoms with Gasteiger partial charge >= 0.3 is 5.97 Å². The van der Waals surface area contributed by atoms with Gasteiger partial charge in [0.15, 0.2) is 0 Å². The van der Waals surface area contributed by atoms with E-state index in [-0.39, 0.29) is 19.1 Å². The molecule has 3 rings (SSSR count). The van der Waals surface area contributed by atoms with Gasteiger partial charge in [-0.3, -0.25) is 14.5 Å². The fraction of sp³-hybridized carbons (Fsp3) is 0.579. The topological polar surface area (TPSA) is 73.3 Å². The molecule has 26 heavy (non-hydrogen) atoms. The first-order valence-electron chi connectivity index (χ1n) is 9.15. The first kappa shape index (κ1) is 18.7. The number of carboxylic acid groups (broad SMARTS) is 1. The monoisotopic (exact) mass is 361 g/mol. The van der Waals surface area contributed by atoms with E-state index in [0.29, 0.717) is 19.7 Å². The number of rotatable bonds is 4. The van der Waals surface area contributed by atoms with Crippen molar-refractivity contribution >= 4 is 17.6 Å². The highest BCUT2D eigenvalue weighted by Crippen LogP contribution is 2.18. The third-order valence-corrected chi connectivity index (χ3v) is 5.07. The zero-order valence-electron chi connectivity index (χ0n) is 15.3. The number of anilines is 1. The molecule has 1 N–H and O–H groups in total. The van der Waals surface area contributed by atoms with Crippen LogP contribution in [0.1, 0.15) is 5.56 Å². The van der Waals surface area contributed by atoms with Gasteiger partial charge in [0, 0.05) is 45.0 Å². The summed E-state index contributed by atoms with van der Waals surface area (Å²) < 4.78 is 5.32. The molecule has 1 unspecified atom stereocenters. The van der Waals surface area contributed by atoms with Crippen LogP contribution in [-0.2, 0) is 14.3 Å². The van der Waals surface area contributed by atoms with E-state index in [9.17, 15) is 14.7 Å². The smallest absolute Gasteiger partial charge is 0.310 e. The second kappa shape index (κ2) is 8.51. The maximum atomic E-state index is 12.6. The second-order valence-electron chi connectivity index (χ2n) is 7.05. The Kier molecular flexibility index (Phi) is 6.11. The zero-order valence-corrected chi connectivity index (χ0v) is 15.3. The maximum Gasteiger partial charge on any atom is 0.310 e. The lowest BCUT2D eigenvalue weighted by Crippen LogP contribution is -2.51. The third kappa shape index (κ3) is 4.74. The Bertz CT molecular complexity index is 643. The van der Waals surface area contributed by atoms with Crippen LogP contribution >= 0.6 is 0 Å². The molecule has 7 nitrogen and oxygen atoms in total. The molecule has 0 spiro atoms. The zero-order chi connectivity index (χ0) is 18.5. The molecule has 2 aliphatic heterocycles. The molecule has 0 aliphatic carbocycles. The maximum absolute atomic E-state index is 12.6. The minimum atomic E-state index is -0.906. The SMILES string of the molecule is Cc1cccc(N2CCN(CC(=O)N3CCOCC(C(=O)O)C3)CC2)c1. The predicted molar refractivity (Wildman–Crippen MR) is 98.4 cm³/mol. The summed E-state index contributed by atoms with van der Waals surface area (Å²) in [6, 6.07) is 8.47. The standard InChI is InChI=1S/C19H27N3O4/c1-15-3-2-4-17(11-15)21-7-5-20(6-8-21)13-18(23)22-9-10-26-14-16(12-22)19(24)25/h2-4,11,16H,5-10,12-14H2,1H3,(H,24,25). The summed E-state index contributed by atoms with van der Waals surface area (Å²) in [5, 5.41) is 9.21. The molecule has 0 bridgehead atoms. The fourth-order valence-corrected chi connectivity index (χ4v) is 3.47. The Morgan fingerprint density at radius 1 is 1.19 bits per heavy atom. The average molecular weight is 361 g/mol. The summed E-state index contributed by atoms with van der Waals surface area (Å²) in [5.74, 6) is -1.55. The van der Waals surface area contributed by atoms with E-state index in [4.69, 9.17) is 4.74 Å². The Morgan fingerprint density at radius 3 is 2.65 bits per heavy atom. The summed E-state index contributed by atoms with van der Waals surface area (Å²) >= 11 is 0. The number of hydrogen-bond donors (Lipinski definition) is 1. The highest BCUT2D eigenvalue weighted by atomic mass is 16.5. The molecule has 1 aromatic rings. The normalized spacial score (nSPS) is 22.1. The van der Waals surface area contributed by atoms with Gasteiger partial charge in [-0.1, -0.05) is 12.1 Å². The van der Waals surface area contributed by atoms with E-state index in [1.54, 1.807) is 4.90 Å². The van der Waals surface area contributed by atoms with E-state index >= 15 is 0 Å². The van der Waals surface area contributed by atoms with Crippen LogP contribution in [0.15, 0.2) is 24.3 Å². The summed E-state index contributed by atoms with van der Waals surface area (Å²) in [5.41, 5.74) is 2.47. The van der Waals surface area contributed by atoms with E-state index in [1.807, 2.05) is 0 Å². The average Bonchev–Trinajstić information content (AvgIpc) is 2.89. The molecule has 142 valence electrons. The van der Waals surface area contributed by atoms with Gasteiger partial charge in [-0.2, -0.15) is 0 Å².